The molecule has 0 aromatic heterocycles. The molecule has 0 unspecified atom stereocenters. The molecule has 4 rings (SSSR count). The average Bonchev–Trinajstić information content (AvgIpc) is 2.99. The SMILES string of the molecule is COC(=O)N[C@H](C(=O)Nc1cccc(F)c1CC[C@H]1CNC[C@H](C)N1S(C)(=O)=O)[C@@H](Cc1ccc(F)cc1)c1ccc(Cl)cc1. The number of halogens is 3. The third-order valence-corrected chi connectivity index (χ3v) is 9.59. The summed E-state index contributed by atoms with van der Waals surface area (Å²) in [5, 5.41) is 9.11. The Morgan fingerprint density at radius 2 is 1.76 bits per heavy atom. The topological polar surface area (TPSA) is 117 Å². The van der Waals surface area contributed by atoms with E-state index in [0.29, 0.717) is 35.7 Å². The Kier molecular flexibility index (Phi) is 11.5. The van der Waals surface area contributed by atoms with Crippen molar-refractivity contribution < 1.29 is 31.5 Å². The fraction of sp³-hybridized carbons (Fsp3) is 0.375. The molecule has 1 aliphatic rings. The number of carbonyl (C=O) groups is 2. The van der Waals surface area contributed by atoms with Gasteiger partial charge in [-0.05, 0) is 73.7 Å². The van der Waals surface area contributed by atoms with Gasteiger partial charge in [-0.15, -0.1) is 0 Å². The number of alkyl carbamates (subject to hydrolysis) is 1. The zero-order valence-corrected chi connectivity index (χ0v) is 26.8. The van der Waals surface area contributed by atoms with Gasteiger partial charge in [0.15, 0.2) is 0 Å². The predicted molar refractivity (Wildman–Crippen MR) is 170 cm³/mol. The van der Waals surface area contributed by atoms with E-state index in [1.807, 2.05) is 6.92 Å². The molecule has 9 nitrogen and oxygen atoms in total. The molecule has 1 saturated heterocycles. The molecule has 13 heteroatoms. The van der Waals surface area contributed by atoms with Crippen LogP contribution in [-0.4, -0.2) is 69.3 Å². The summed E-state index contributed by atoms with van der Waals surface area (Å²) in [4.78, 5) is 26.5. The number of amides is 2. The van der Waals surface area contributed by atoms with E-state index in [1.54, 1.807) is 42.5 Å². The van der Waals surface area contributed by atoms with Crippen LogP contribution in [0, 0.1) is 11.6 Å². The molecule has 0 spiro atoms. The summed E-state index contributed by atoms with van der Waals surface area (Å²) in [7, 11) is -2.34. The van der Waals surface area contributed by atoms with Crippen LogP contribution in [0.4, 0.5) is 19.3 Å². The molecular weight excluding hydrogens is 626 g/mol. The van der Waals surface area contributed by atoms with E-state index >= 15 is 4.39 Å². The van der Waals surface area contributed by atoms with Gasteiger partial charge >= 0.3 is 6.09 Å². The van der Waals surface area contributed by atoms with E-state index in [9.17, 15) is 22.4 Å². The van der Waals surface area contributed by atoms with Gasteiger partial charge in [0, 0.05) is 47.4 Å². The summed E-state index contributed by atoms with van der Waals surface area (Å²) in [6.07, 6.45) is 0.976. The number of piperazine rings is 1. The van der Waals surface area contributed by atoms with Gasteiger partial charge in [0.25, 0.3) is 0 Å². The van der Waals surface area contributed by atoms with Gasteiger partial charge in [-0.3, -0.25) is 4.79 Å². The molecule has 1 heterocycles. The molecule has 3 N–H and O–H groups in total. The second-order valence-corrected chi connectivity index (χ2v) is 13.5. The maximum atomic E-state index is 15.3. The molecule has 242 valence electrons. The molecular formula is C32H37ClF2N4O5S. The summed E-state index contributed by atoms with van der Waals surface area (Å²) in [5.74, 6) is -2.28. The number of ether oxygens (including phenoxy) is 1. The number of carbonyl (C=O) groups excluding carboxylic acids is 2. The van der Waals surface area contributed by atoms with Crippen molar-refractivity contribution in [3.63, 3.8) is 0 Å². The first kappa shape index (κ1) is 34.3. The zero-order chi connectivity index (χ0) is 32.7. The minimum atomic E-state index is -3.51. The van der Waals surface area contributed by atoms with Crippen LogP contribution >= 0.6 is 11.6 Å². The van der Waals surface area contributed by atoms with Crippen LogP contribution in [0.5, 0.6) is 0 Å². The summed E-state index contributed by atoms with van der Waals surface area (Å²) >= 11 is 6.12. The largest absolute Gasteiger partial charge is 0.453 e. The normalized spacial score (nSPS) is 18.5. The lowest BCUT2D eigenvalue weighted by molar-refractivity contribution is -0.118. The standard InChI is InChI=1S/C32H37ClF2N4O5S/c1-20-18-36-19-25(39(20)45(3,42)43)15-16-26-28(35)5-4-6-29(26)37-31(40)30(38-32(41)44-2)27(22-9-11-23(33)12-10-22)17-21-7-13-24(34)14-8-21/h4-14,20,25,27,30,36H,15-19H2,1-3H3,(H,37,40)(H,38,41)/t20-,25-,27-,30-/m0/s1. The summed E-state index contributed by atoms with van der Waals surface area (Å²) in [6.45, 7) is 2.73. The maximum absolute atomic E-state index is 15.3. The predicted octanol–water partition coefficient (Wildman–Crippen LogP) is 4.86. The van der Waals surface area contributed by atoms with Gasteiger partial charge in [-0.25, -0.2) is 22.0 Å². The van der Waals surface area contributed by atoms with Crippen LogP contribution in [0.15, 0.2) is 66.7 Å². The Morgan fingerprint density at radius 1 is 1.07 bits per heavy atom. The zero-order valence-electron chi connectivity index (χ0n) is 25.2. The molecule has 3 aromatic rings. The molecule has 1 aliphatic heterocycles. The number of sulfonamides is 1. The minimum absolute atomic E-state index is 0.138. The molecule has 45 heavy (non-hydrogen) atoms. The summed E-state index contributed by atoms with van der Waals surface area (Å²) in [5.41, 5.74) is 1.77. The van der Waals surface area contributed by atoms with Crippen molar-refractivity contribution in [3.05, 3.63) is 100 Å². The van der Waals surface area contributed by atoms with Crippen molar-refractivity contribution in [1.29, 1.82) is 0 Å². The summed E-state index contributed by atoms with van der Waals surface area (Å²) in [6, 6.07) is 15.0. The third kappa shape index (κ3) is 9.00. The van der Waals surface area contributed by atoms with Gasteiger partial charge in [0.2, 0.25) is 15.9 Å². The van der Waals surface area contributed by atoms with Crippen molar-refractivity contribution in [1.82, 2.24) is 14.9 Å². The number of anilines is 1. The van der Waals surface area contributed by atoms with Crippen molar-refractivity contribution in [3.8, 4) is 0 Å². The van der Waals surface area contributed by atoms with Crippen LogP contribution in [0.25, 0.3) is 0 Å². The van der Waals surface area contributed by atoms with Crippen LogP contribution in [-0.2, 0) is 32.4 Å². The van der Waals surface area contributed by atoms with E-state index in [-0.39, 0.29) is 30.1 Å². The van der Waals surface area contributed by atoms with Gasteiger partial charge in [0.1, 0.15) is 17.7 Å². The Balaban J connectivity index is 1.65. The van der Waals surface area contributed by atoms with Crippen molar-refractivity contribution in [2.75, 3.05) is 31.8 Å². The van der Waals surface area contributed by atoms with Gasteiger partial charge < -0.3 is 20.7 Å². The van der Waals surface area contributed by atoms with Gasteiger partial charge in [-0.2, -0.15) is 4.31 Å². The van der Waals surface area contributed by atoms with Gasteiger partial charge in [0.05, 0.1) is 13.4 Å². The fourth-order valence-electron chi connectivity index (χ4n) is 5.82. The molecule has 4 atom stereocenters. The van der Waals surface area contributed by atoms with Crippen LogP contribution in [0.2, 0.25) is 5.02 Å². The second-order valence-electron chi connectivity index (χ2n) is 11.2. The highest BCUT2D eigenvalue weighted by Crippen LogP contribution is 2.29. The lowest BCUT2D eigenvalue weighted by Gasteiger charge is -2.39. The fourth-order valence-corrected chi connectivity index (χ4v) is 7.40. The monoisotopic (exact) mass is 662 g/mol. The number of nitrogens with one attached hydrogen (secondary N) is 3. The number of hydrogen-bond donors (Lipinski definition) is 3. The van der Waals surface area contributed by atoms with Crippen LogP contribution in [0.3, 0.4) is 0 Å². The second kappa shape index (κ2) is 15.1. The molecule has 1 fully saturated rings. The van der Waals surface area contributed by atoms with Crippen molar-refractivity contribution in [2.45, 2.75) is 50.2 Å². The number of methoxy groups -OCH3 is 1. The van der Waals surface area contributed by atoms with Crippen molar-refractivity contribution in [2.24, 2.45) is 0 Å². The third-order valence-electron chi connectivity index (χ3n) is 7.91. The lowest BCUT2D eigenvalue weighted by Crippen LogP contribution is -2.58. The maximum Gasteiger partial charge on any atom is 0.407 e. The molecule has 3 aromatic carbocycles. The first-order chi connectivity index (χ1) is 21.4. The minimum Gasteiger partial charge on any atom is -0.453 e. The van der Waals surface area contributed by atoms with Gasteiger partial charge in [-0.1, -0.05) is 41.9 Å². The molecule has 0 bridgehead atoms. The van der Waals surface area contributed by atoms with E-state index in [1.165, 1.54) is 35.7 Å². The number of hydrogen-bond acceptors (Lipinski definition) is 6. The van der Waals surface area contributed by atoms with E-state index in [2.05, 4.69) is 16.0 Å². The average molecular weight is 663 g/mol. The van der Waals surface area contributed by atoms with Crippen molar-refractivity contribution >= 4 is 39.3 Å². The Bertz CT molecular complexity index is 1590. The van der Waals surface area contributed by atoms with E-state index < -0.39 is 51.7 Å². The smallest absolute Gasteiger partial charge is 0.407 e. The molecule has 2 amide bonds. The summed E-state index contributed by atoms with van der Waals surface area (Å²) < 4.78 is 60.3. The Hall–Kier alpha value is -3.58. The Morgan fingerprint density at radius 3 is 2.40 bits per heavy atom. The molecule has 0 aliphatic carbocycles. The first-order valence-electron chi connectivity index (χ1n) is 14.5. The van der Waals surface area contributed by atoms with Crippen LogP contribution < -0.4 is 16.0 Å². The highest BCUT2D eigenvalue weighted by molar-refractivity contribution is 7.88. The quantitative estimate of drug-likeness (QED) is 0.270. The number of nitrogens with zero attached hydrogens (tertiary/aromatic N) is 1. The highest BCUT2D eigenvalue weighted by atomic mass is 35.5. The molecule has 0 saturated carbocycles. The first-order valence-corrected chi connectivity index (χ1v) is 16.7. The van der Waals surface area contributed by atoms with E-state index in [4.69, 9.17) is 16.3 Å². The number of benzene rings is 3. The number of rotatable bonds is 11. The lowest BCUT2D eigenvalue weighted by atomic mass is 9.85. The Labute approximate surface area is 267 Å². The van der Waals surface area contributed by atoms with Crippen LogP contribution in [0.1, 0.15) is 36.0 Å². The highest BCUT2D eigenvalue weighted by Gasteiger charge is 2.35. The molecule has 0 radical (unpaired) electrons. The van der Waals surface area contributed by atoms with E-state index in [0.717, 1.165) is 6.26 Å².